The summed E-state index contributed by atoms with van der Waals surface area (Å²) in [6, 6.07) is 7.74. The van der Waals surface area contributed by atoms with Crippen molar-refractivity contribution in [2.45, 2.75) is 18.9 Å². The molecule has 0 atom stereocenters. The minimum atomic E-state index is -0.345. The third kappa shape index (κ3) is 2.65. The lowest BCUT2D eigenvalue weighted by Crippen LogP contribution is -2.54. The summed E-state index contributed by atoms with van der Waals surface area (Å²) in [6.45, 7) is 3.34. The van der Waals surface area contributed by atoms with Crippen LogP contribution in [-0.2, 0) is 26.2 Å². The highest BCUT2D eigenvalue weighted by Crippen LogP contribution is 2.26. The van der Waals surface area contributed by atoms with E-state index in [1.165, 1.54) is 0 Å². The molecule has 0 radical (unpaired) electrons. The van der Waals surface area contributed by atoms with Crippen molar-refractivity contribution in [3.05, 3.63) is 35.4 Å². The molecule has 1 aromatic rings. The average Bonchev–Trinajstić information content (AvgIpc) is 2.27. The van der Waals surface area contributed by atoms with Gasteiger partial charge in [-0.25, -0.2) is 0 Å². The van der Waals surface area contributed by atoms with Gasteiger partial charge in [0.1, 0.15) is 0 Å². The van der Waals surface area contributed by atoms with Gasteiger partial charge in [0.05, 0.1) is 31.8 Å². The van der Waals surface area contributed by atoms with Crippen molar-refractivity contribution >= 4 is 5.97 Å². The quantitative estimate of drug-likeness (QED) is 0.790. The molecule has 0 aromatic heterocycles. The molecule has 2 rings (SSSR count). The fourth-order valence-corrected chi connectivity index (χ4v) is 1.82. The fraction of sp³-hybridized carbons (Fsp3) is 0.462. The number of hydrogen-bond donors (Lipinski definition) is 1. The minimum Gasteiger partial charge on any atom is -0.466 e. The zero-order valence-electron chi connectivity index (χ0n) is 9.94. The molecule has 4 heteroatoms. The number of hydrogen-bond acceptors (Lipinski definition) is 4. The standard InChI is InChI=1S/C13H17NO3/c1-2-17-12(15)7-10-3-5-11(6-4-10)13(14)8-16-9-13/h3-6H,2,7-9,14H2,1H3. The molecule has 0 amide bonds. The highest BCUT2D eigenvalue weighted by molar-refractivity contribution is 5.72. The summed E-state index contributed by atoms with van der Waals surface area (Å²) in [5.74, 6) is -0.199. The molecule has 1 aromatic carbocycles. The van der Waals surface area contributed by atoms with Crippen LogP contribution in [0.25, 0.3) is 0 Å². The van der Waals surface area contributed by atoms with Gasteiger partial charge in [-0.2, -0.15) is 0 Å². The molecule has 0 saturated carbocycles. The van der Waals surface area contributed by atoms with Gasteiger partial charge < -0.3 is 15.2 Å². The summed E-state index contributed by atoms with van der Waals surface area (Å²) in [6.07, 6.45) is 0.308. The summed E-state index contributed by atoms with van der Waals surface area (Å²) in [7, 11) is 0. The maximum absolute atomic E-state index is 11.3. The van der Waals surface area contributed by atoms with E-state index in [-0.39, 0.29) is 11.5 Å². The van der Waals surface area contributed by atoms with Crippen LogP contribution in [0.2, 0.25) is 0 Å². The Balaban J connectivity index is 2.00. The van der Waals surface area contributed by atoms with E-state index in [0.717, 1.165) is 11.1 Å². The van der Waals surface area contributed by atoms with E-state index in [1.807, 2.05) is 24.3 Å². The predicted octanol–water partition coefficient (Wildman–Crippen LogP) is 0.976. The topological polar surface area (TPSA) is 61.5 Å². The first-order chi connectivity index (χ1) is 8.14. The summed E-state index contributed by atoms with van der Waals surface area (Å²) in [4.78, 5) is 11.3. The molecule has 1 heterocycles. The Bertz CT molecular complexity index is 396. The van der Waals surface area contributed by atoms with Crippen LogP contribution in [0.15, 0.2) is 24.3 Å². The molecule has 1 aliphatic heterocycles. The third-order valence-corrected chi connectivity index (χ3v) is 2.90. The van der Waals surface area contributed by atoms with Gasteiger partial charge in [0.25, 0.3) is 0 Å². The summed E-state index contributed by atoms with van der Waals surface area (Å²) >= 11 is 0. The lowest BCUT2D eigenvalue weighted by atomic mass is 9.88. The van der Waals surface area contributed by atoms with Crippen molar-refractivity contribution in [2.24, 2.45) is 5.73 Å². The molecule has 0 aliphatic carbocycles. The molecule has 0 spiro atoms. The van der Waals surface area contributed by atoms with Gasteiger partial charge >= 0.3 is 5.97 Å². The second kappa shape index (κ2) is 4.85. The van der Waals surface area contributed by atoms with Crippen LogP contribution >= 0.6 is 0 Å². The Morgan fingerprint density at radius 1 is 1.41 bits per heavy atom. The number of benzene rings is 1. The van der Waals surface area contributed by atoms with Crippen molar-refractivity contribution in [1.29, 1.82) is 0 Å². The van der Waals surface area contributed by atoms with Gasteiger partial charge in [-0.15, -0.1) is 0 Å². The molecule has 0 unspecified atom stereocenters. The van der Waals surface area contributed by atoms with Crippen LogP contribution in [0.3, 0.4) is 0 Å². The van der Waals surface area contributed by atoms with Gasteiger partial charge in [0, 0.05) is 0 Å². The molecule has 1 aliphatic rings. The molecular weight excluding hydrogens is 218 g/mol. The number of ether oxygens (including phenoxy) is 2. The number of esters is 1. The van der Waals surface area contributed by atoms with Crippen molar-refractivity contribution in [3.8, 4) is 0 Å². The largest absolute Gasteiger partial charge is 0.466 e. The van der Waals surface area contributed by atoms with Crippen LogP contribution in [0.5, 0.6) is 0 Å². The second-order valence-corrected chi connectivity index (χ2v) is 4.33. The molecular formula is C13H17NO3. The first kappa shape index (κ1) is 12.1. The zero-order chi connectivity index (χ0) is 12.3. The van der Waals surface area contributed by atoms with Gasteiger partial charge in [-0.1, -0.05) is 24.3 Å². The molecule has 1 saturated heterocycles. The van der Waals surface area contributed by atoms with Crippen molar-refractivity contribution in [1.82, 2.24) is 0 Å². The molecule has 17 heavy (non-hydrogen) atoms. The normalized spacial score (nSPS) is 17.3. The summed E-state index contributed by atoms with van der Waals surface area (Å²) < 4.78 is 10.0. The maximum Gasteiger partial charge on any atom is 0.310 e. The molecule has 2 N–H and O–H groups in total. The van der Waals surface area contributed by atoms with Crippen molar-refractivity contribution in [3.63, 3.8) is 0 Å². The first-order valence-corrected chi connectivity index (χ1v) is 5.76. The van der Waals surface area contributed by atoms with Crippen molar-refractivity contribution < 1.29 is 14.3 Å². The minimum absolute atomic E-state index is 0.199. The maximum atomic E-state index is 11.3. The molecule has 92 valence electrons. The fourth-order valence-electron chi connectivity index (χ4n) is 1.82. The van der Waals surface area contributed by atoms with E-state index in [9.17, 15) is 4.79 Å². The van der Waals surface area contributed by atoms with Crippen LogP contribution in [0.1, 0.15) is 18.1 Å². The van der Waals surface area contributed by atoms with Crippen LogP contribution in [0, 0.1) is 0 Å². The highest BCUT2D eigenvalue weighted by Gasteiger charge is 2.35. The smallest absolute Gasteiger partial charge is 0.310 e. The summed E-state index contributed by atoms with van der Waals surface area (Å²) in [5, 5.41) is 0. The van der Waals surface area contributed by atoms with Gasteiger partial charge in [0.2, 0.25) is 0 Å². The lowest BCUT2D eigenvalue weighted by Gasteiger charge is -2.38. The monoisotopic (exact) mass is 235 g/mol. The van der Waals surface area contributed by atoms with E-state index in [1.54, 1.807) is 6.92 Å². The van der Waals surface area contributed by atoms with Gasteiger partial charge in [-0.3, -0.25) is 4.79 Å². The first-order valence-electron chi connectivity index (χ1n) is 5.76. The number of rotatable bonds is 4. The average molecular weight is 235 g/mol. The van der Waals surface area contributed by atoms with E-state index in [4.69, 9.17) is 15.2 Å². The molecule has 4 nitrogen and oxygen atoms in total. The van der Waals surface area contributed by atoms with Crippen LogP contribution in [0.4, 0.5) is 0 Å². The van der Waals surface area contributed by atoms with Crippen LogP contribution in [-0.4, -0.2) is 25.8 Å². The molecule has 1 fully saturated rings. The Morgan fingerprint density at radius 3 is 2.53 bits per heavy atom. The lowest BCUT2D eigenvalue weighted by molar-refractivity contribution is -0.142. The van der Waals surface area contributed by atoms with E-state index < -0.39 is 0 Å². The highest BCUT2D eigenvalue weighted by atomic mass is 16.5. The Kier molecular flexibility index (Phi) is 3.45. The Labute approximate surface area is 101 Å². The van der Waals surface area contributed by atoms with E-state index >= 15 is 0 Å². The third-order valence-electron chi connectivity index (χ3n) is 2.90. The SMILES string of the molecule is CCOC(=O)Cc1ccc(C2(N)COC2)cc1. The zero-order valence-corrected chi connectivity index (χ0v) is 9.94. The number of carbonyl (C=O) groups excluding carboxylic acids is 1. The van der Waals surface area contributed by atoms with Crippen LogP contribution < -0.4 is 5.73 Å². The Hall–Kier alpha value is -1.39. The van der Waals surface area contributed by atoms with Gasteiger partial charge in [0.15, 0.2) is 0 Å². The predicted molar refractivity (Wildman–Crippen MR) is 63.5 cm³/mol. The van der Waals surface area contributed by atoms with E-state index in [2.05, 4.69) is 0 Å². The van der Waals surface area contributed by atoms with E-state index in [0.29, 0.717) is 26.2 Å². The number of nitrogens with two attached hydrogens (primary N) is 1. The number of carbonyl (C=O) groups is 1. The Morgan fingerprint density at radius 2 is 2.06 bits per heavy atom. The van der Waals surface area contributed by atoms with Gasteiger partial charge in [-0.05, 0) is 18.1 Å². The molecule has 0 bridgehead atoms. The second-order valence-electron chi connectivity index (χ2n) is 4.33. The van der Waals surface area contributed by atoms with Crippen molar-refractivity contribution in [2.75, 3.05) is 19.8 Å². The summed E-state index contributed by atoms with van der Waals surface area (Å²) in [5.41, 5.74) is 7.75.